The fourth-order valence-electron chi connectivity index (χ4n) is 5.88. The molecule has 0 radical (unpaired) electrons. The lowest BCUT2D eigenvalue weighted by molar-refractivity contribution is 0.0755. The maximum atomic E-state index is 14.0. The predicted octanol–water partition coefficient (Wildman–Crippen LogP) is 5.65. The van der Waals surface area contributed by atoms with Crippen LogP contribution in [0.4, 0.5) is 8.78 Å². The summed E-state index contributed by atoms with van der Waals surface area (Å²) < 4.78 is 28.0. The van der Waals surface area contributed by atoms with Crippen LogP contribution in [0.1, 0.15) is 91.6 Å². The van der Waals surface area contributed by atoms with Crippen molar-refractivity contribution < 1.29 is 23.5 Å². The van der Waals surface area contributed by atoms with Gasteiger partial charge in [-0.1, -0.05) is 40.5 Å². The van der Waals surface area contributed by atoms with Crippen LogP contribution in [-0.2, 0) is 6.42 Å². The first-order valence-corrected chi connectivity index (χ1v) is 15.1. The molecule has 0 heterocycles. The van der Waals surface area contributed by atoms with Crippen molar-refractivity contribution >= 4 is 11.8 Å². The van der Waals surface area contributed by atoms with Gasteiger partial charge in [0.05, 0.1) is 12.1 Å². The number of hydrogen-bond donors (Lipinski definition) is 3. The molecule has 41 heavy (non-hydrogen) atoms. The van der Waals surface area contributed by atoms with Gasteiger partial charge in [-0.3, -0.25) is 9.59 Å². The minimum absolute atomic E-state index is 0.0400. The van der Waals surface area contributed by atoms with Gasteiger partial charge in [0.25, 0.3) is 11.8 Å². The smallest absolute Gasteiger partial charge is 0.253 e. The first-order valence-electron chi connectivity index (χ1n) is 15.1. The highest BCUT2D eigenvalue weighted by Gasteiger charge is 2.29. The molecule has 2 aromatic carbocycles. The molecule has 226 valence electrons. The molecule has 1 saturated carbocycles. The largest absolute Gasteiger partial charge is 0.390 e. The molecule has 6 nitrogen and oxygen atoms in total. The molecule has 1 aliphatic rings. The zero-order valence-corrected chi connectivity index (χ0v) is 25.2. The maximum Gasteiger partial charge on any atom is 0.253 e. The Morgan fingerprint density at radius 3 is 2.24 bits per heavy atom. The molecule has 5 atom stereocenters. The van der Waals surface area contributed by atoms with Gasteiger partial charge in [-0.15, -0.1) is 0 Å². The Morgan fingerprint density at radius 1 is 0.976 bits per heavy atom. The number of nitrogens with zero attached hydrogens (tertiary/aromatic N) is 1. The van der Waals surface area contributed by atoms with Crippen LogP contribution < -0.4 is 10.6 Å². The maximum absolute atomic E-state index is 14.0. The van der Waals surface area contributed by atoms with Gasteiger partial charge in [0.1, 0.15) is 11.6 Å². The number of aliphatic hydroxyl groups excluding tert-OH is 1. The van der Waals surface area contributed by atoms with Crippen molar-refractivity contribution in [3.05, 3.63) is 70.3 Å². The van der Waals surface area contributed by atoms with Crippen molar-refractivity contribution in [1.82, 2.24) is 15.5 Å². The van der Waals surface area contributed by atoms with Crippen LogP contribution in [0, 0.1) is 30.4 Å². The topological polar surface area (TPSA) is 81.7 Å². The summed E-state index contributed by atoms with van der Waals surface area (Å²) in [5.41, 5.74) is 1.83. The third kappa shape index (κ3) is 9.33. The van der Waals surface area contributed by atoms with E-state index in [1.165, 1.54) is 18.6 Å². The van der Waals surface area contributed by atoms with Gasteiger partial charge >= 0.3 is 0 Å². The van der Waals surface area contributed by atoms with Crippen molar-refractivity contribution in [3.8, 4) is 0 Å². The fourth-order valence-corrected chi connectivity index (χ4v) is 5.88. The van der Waals surface area contributed by atoms with Crippen LogP contribution in [0.3, 0.4) is 0 Å². The summed E-state index contributed by atoms with van der Waals surface area (Å²) in [5, 5.41) is 17.6. The number of aliphatic hydroxyl groups is 1. The van der Waals surface area contributed by atoms with E-state index < -0.39 is 29.7 Å². The molecule has 1 fully saturated rings. The van der Waals surface area contributed by atoms with E-state index in [0.717, 1.165) is 37.3 Å². The quantitative estimate of drug-likeness (QED) is 0.290. The van der Waals surface area contributed by atoms with Gasteiger partial charge in [-0.2, -0.15) is 0 Å². The van der Waals surface area contributed by atoms with E-state index in [9.17, 15) is 23.5 Å². The third-order valence-electron chi connectivity index (χ3n) is 8.32. The molecule has 3 N–H and O–H groups in total. The summed E-state index contributed by atoms with van der Waals surface area (Å²) in [5.74, 6) is -0.988. The second kappa shape index (κ2) is 15.4. The Hall–Kier alpha value is -2.84. The highest BCUT2D eigenvalue weighted by Crippen LogP contribution is 2.29. The number of halogens is 2. The number of benzene rings is 2. The van der Waals surface area contributed by atoms with Gasteiger partial charge < -0.3 is 20.6 Å². The number of nitrogens with one attached hydrogen (secondary N) is 2. The van der Waals surface area contributed by atoms with Crippen LogP contribution in [-0.4, -0.2) is 59.6 Å². The van der Waals surface area contributed by atoms with E-state index in [0.29, 0.717) is 41.6 Å². The van der Waals surface area contributed by atoms with Gasteiger partial charge in [0.2, 0.25) is 0 Å². The van der Waals surface area contributed by atoms with Crippen molar-refractivity contribution in [2.75, 3.05) is 19.6 Å². The predicted molar refractivity (Wildman–Crippen MR) is 159 cm³/mol. The molecule has 3 rings (SSSR count). The Bertz CT molecular complexity index is 1150. The molecule has 3 unspecified atom stereocenters. The molecular formula is C33H47F2N3O3. The number of carbonyl (C=O) groups is 2. The zero-order valence-electron chi connectivity index (χ0n) is 25.2. The Kier molecular flexibility index (Phi) is 12.3. The molecular weight excluding hydrogens is 524 g/mol. The number of carbonyl (C=O) groups excluding carboxylic acids is 2. The monoisotopic (exact) mass is 571 g/mol. The second-order valence-electron chi connectivity index (χ2n) is 11.8. The van der Waals surface area contributed by atoms with Crippen molar-refractivity contribution in [2.45, 2.75) is 91.3 Å². The van der Waals surface area contributed by atoms with E-state index in [1.807, 2.05) is 20.8 Å². The number of amides is 2. The first kappa shape index (κ1) is 32.7. The van der Waals surface area contributed by atoms with Crippen LogP contribution in [0.15, 0.2) is 36.4 Å². The number of aryl methyl sites for hydroxylation is 1. The van der Waals surface area contributed by atoms with Gasteiger partial charge in [-0.25, -0.2) is 8.78 Å². The van der Waals surface area contributed by atoms with Crippen molar-refractivity contribution in [3.63, 3.8) is 0 Å². The van der Waals surface area contributed by atoms with E-state index in [2.05, 4.69) is 24.5 Å². The summed E-state index contributed by atoms with van der Waals surface area (Å²) >= 11 is 0. The van der Waals surface area contributed by atoms with E-state index >= 15 is 0 Å². The lowest BCUT2D eigenvalue weighted by atomic mass is 9.78. The zero-order chi connectivity index (χ0) is 30.1. The normalized spacial score (nSPS) is 20.3. The molecule has 0 aromatic heterocycles. The molecule has 2 amide bonds. The third-order valence-corrected chi connectivity index (χ3v) is 8.32. The molecule has 8 heteroatoms. The van der Waals surface area contributed by atoms with Gasteiger partial charge in [-0.05, 0) is 85.9 Å². The molecule has 2 aromatic rings. The molecule has 0 bridgehead atoms. The van der Waals surface area contributed by atoms with E-state index in [1.54, 1.807) is 23.1 Å². The van der Waals surface area contributed by atoms with Crippen LogP contribution in [0.2, 0.25) is 0 Å². The molecule has 0 aliphatic heterocycles. The Morgan fingerprint density at radius 2 is 1.61 bits per heavy atom. The first-order chi connectivity index (χ1) is 19.5. The minimum atomic E-state index is -1.01. The summed E-state index contributed by atoms with van der Waals surface area (Å²) in [6.45, 7) is 11.8. The van der Waals surface area contributed by atoms with E-state index in [4.69, 9.17) is 0 Å². The average Bonchev–Trinajstić information content (AvgIpc) is 2.91. The second-order valence-corrected chi connectivity index (χ2v) is 11.8. The minimum Gasteiger partial charge on any atom is -0.390 e. The highest BCUT2D eigenvalue weighted by atomic mass is 19.1. The lowest BCUT2D eigenvalue weighted by Gasteiger charge is -2.36. The molecule has 0 saturated heterocycles. The average molecular weight is 572 g/mol. The molecule has 1 aliphatic carbocycles. The SMILES string of the molecule is CCCN(CCC)C(=O)c1cc(C)cc(C(=O)N[C@@H](Cc2cc(F)cc(F)c2)[C@H](O)CNC2CCCC(C)C2C)c1. The standard InChI is InChI=1S/C33H47F2N3O3/c1-6-11-38(12-7-2)33(41)26-14-21(3)13-25(18-26)32(40)37-30(17-24-15-27(34)19-28(35)16-24)31(39)20-36-29-10-8-9-22(4)23(29)5/h13-16,18-19,22-23,29-31,36,39H,6-12,17,20H2,1-5H3,(H,37,40)/t22?,23?,29?,30-,31+/m0/s1. The Balaban J connectivity index is 1.82. The summed E-state index contributed by atoms with van der Waals surface area (Å²) in [4.78, 5) is 28.6. The summed E-state index contributed by atoms with van der Waals surface area (Å²) in [6.07, 6.45) is 4.00. The number of hydrogen-bond acceptors (Lipinski definition) is 4. The van der Waals surface area contributed by atoms with Crippen LogP contribution in [0.25, 0.3) is 0 Å². The van der Waals surface area contributed by atoms with Gasteiger partial charge in [0.15, 0.2) is 0 Å². The summed E-state index contributed by atoms with van der Waals surface area (Å²) in [6, 6.07) is 7.71. The van der Waals surface area contributed by atoms with Crippen LogP contribution in [0.5, 0.6) is 0 Å². The number of rotatable bonds is 13. The van der Waals surface area contributed by atoms with Crippen molar-refractivity contribution in [2.24, 2.45) is 11.8 Å². The Labute approximate surface area is 243 Å². The highest BCUT2D eigenvalue weighted by molar-refractivity contribution is 6.00. The van der Waals surface area contributed by atoms with Crippen LogP contribution >= 0.6 is 0 Å². The summed E-state index contributed by atoms with van der Waals surface area (Å²) in [7, 11) is 0. The van der Waals surface area contributed by atoms with Gasteiger partial charge in [0, 0.05) is 42.9 Å². The molecule has 0 spiro atoms. The van der Waals surface area contributed by atoms with Crippen molar-refractivity contribution in [1.29, 1.82) is 0 Å². The lowest BCUT2D eigenvalue weighted by Crippen LogP contribution is -2.51. The fraction of sp³-hybridized carbons (Fsp3) is 0.576. The van der Waals surface area contributed by atoms with E-state index in [-0.39, 0.29) is 24.9 Å².